The quantitative estimate of drug-likeness (QED) is 0.0243. The monoisotopic (exact) mass is 954 g/mol. The van der Waals surface area contributed by atoms with E-state index in [0.717, 1.165) is 38.5 Å². The Morgan fingerprint density at radius 1 is 0.500 bits per heavy atom. The first kappa shape index (κ1) is 65.0. The first-order valence-electron chi connectivity index (χ1n) is 28.7. The van der Waals surface area contributed by atoms with Crippen LogP contribution >= 0.6 is 7.82 Å². The second kappa shape index (κ2) is 49.0. The summed E-state index contributed by atoms with van der Waals surface area (Å²) in [6, 6.07) is -0.859. The summed E-state index contributed by atoms with van der Waals surface area (Å²) in [5.41, 5.74) is 0. The number of carbonyl (C=O) groups excluding carboxylic acids is 1. The number of likely N-dealkylation sites (N-methyl/N-ethyl adjacent to an activating group) is 1. The van der Waals surface area contributed by atoms with Crippen LogP contribution in [0.3, 0.4) is 0 Å². The topological polar surface area (TPSA) is 105 Å². The molecule has 0 bridgehead atoms. The van der Waals surface area contributed by atoms with Crippen LogP contribution in [-0.2, 0) is 18.4 Å². The molecule has 0 aliphatic rings. The van der Waals surface area contributed by atoms with Crippen molar-refractivity contribution in [3.05, 3.63) is 24.3 Å². The van der Waals surface area contributed by atoms with E-state index in [-0.39, 0.29) is 19.1 Å². The number of amides is 1. The fourth-order valence-electron chi connectivity index (χ4n) is 8.65. The van der Waals surface area contributed by atoms with Gasteiger partial charge in [-0.15, -0.1) is 0 Å². The highest BCUT2D eigenvalue weighted by Crippen LogP contribution is 2.43. The number of quaternary nitrogens is 1. The number of nitrogens with zero attached hydrogens (tertiary/aromatic N) is 1. The van der Waals surface area contributed by atoms with Crippen molar-refractivity contribution in [2.75, 3.05) is 40.9 Å². The Morgan fingerprint density at radius 3 is 1.21 bits per heavy atom. The van der Waals surface area contributed by atoms with E-state index in [1.807, 2.05) is 27.2 Å². The minimum atomic E-state index is -4.35. The van der Waals surface area contributed by atoms with Gasteiger partial charge in [0.2, 0.25) is 5.91 Å². The zero-order valence-electron chi connectivity index (χ0n) is 44.7. The number of phosphoric acid groups is 1. The first-order chi connectivity index (χ1) is 32.0. The number of aliphatic hydroxyl groups is 1. The molecule has 9 heteroatoms. The Bertz CT molecular complexity index is 1130. The van der Waals surface area contributed by atoms with E-state index in [1.165, 1.54) is 225 Å². The maximum Gasteiger partial charge on any atom is 0.472 e. The molecule has 3 unspecified atom stereocenters. The van der Waals surface area contributed by atoms with Crippen molar-refractivity contribution < 1.29 is 32.9 Å². The Balaban J connectivity index is 4.07. The molecule has 392 valence electrons. The van der Waals surface area contributed by atoms with Crippen LogP contribution in [0.5, 0.6) is 0 Å². The van der Waals surface area contributed by atoms with Crippen molar-refractivity contribution in [1.82, 2.24) is 5.32 Å². The van der Waals surface area contributed by atoms with E-state index in [2.05, 4.69) is 31.3 Å². The van der Waals surface area contributed by atoms with E-state index in [1.54, 1.807) is 6.08 Å². The largest absolute Gasteiger partial charge is 0.472 e. The smallest absolute Gasteiger partial charge is 0.387 e. The van der Waals surface area contributed by atoms with Crippen LogP contribution in [0.15, 0.2) is 24.3 Å². The number of aliphatic hydroxyl groups excluding tert-OH is 1. The van der Waals surface area contributed by atoms with E-state index in [0.29, 0.717) is 17.4 Å². The average molecular weight is 955 g/mol. The van der Waals surface area contributed by atoms with Crippen LogP contribution < -0.4 is 5.32 Å². The minimum absolute atomic E-state index is 0.0585. The molecule has 66 heavy (non-hydrogen) atoms. The lowest BCUT2D eigenvalue weighted by Gasteiger charge is -2.25. The van der Waals surface area contributed by atoms with E-state index < -0.39 is 20.0 Å². The molecule has 0 saturated carbocycles. The van der Waals surface area contributed by atoms with Gasteiger partial charge in [-0.3, -0.25) is 13.8 Å². The molecular formula is C57H114N2O6P+. The molecule has 0 aliphatic heterocycles. The summed E-state index contributed by atoms with van der Waals surface area (Å²) in [5.74, 6) is -0.184. The fourth-order valence-corrected chi connectivity index (χ4v) is 9.38. The van der Waals surface area contributed by atoms with Crippen LogP contribution in [0.1, 0.15) is 284 Å². The summed E-state index contributed by atoms with van der Waals surface area (Å²) in [6.45, 7) is 4.82. The molecule has 3 N–H and O–H groups in total. The van der Waals surface area contributed by atoms with E-state index in [4.69, 9.17) is 9.05 Å². The molecule has 0 saturated heterocycles. The number of carbonyl (C=O) groups is 1. The summed E-state index contributed by atoms with van der Waals surface area (Å²) in [5, 5.41) is 13.9. The van der Waals surface area contributed by atoms with Gasteiger partial charge in [0.15, 0.2) is 0 Å². The molecule has 1 amide bonds. The summed E-state index contributed by atoms with van der Waals surface area (Å²) < 4.78 is 23.6. The number of phosphoric ester groups is 1. The number of rotatable bonds is 53. The molecule has 0 aliphatic carbocycles. The third-order valence-electron chi connectivity index (χ3n) is 13.2. The zero-order chi connectivity index (χ0) is 48.5. The summed E-state index contributed by atoms with van der Waals surface area (Å²) in [6.07, 6.45) is 61.6. The van der Waals surface area contributed by atoms with Crippen molar-refractivity contribution in [3.8, 4) is 0 Å². The van der Waals surface area contributed by atoms with Gasteiger partial charge < -0.3 is 19.8 Å². The van der Waals surface area contributed by atoms with Gasteiger partial charge in [-0.25, -0.2) is 4.57 Å². The molecular weight excluding hydrogens is 840 g/mol. The van der Waals surface area contributed by atoms with Gasteiger partial charge >= 0.3 is 7.82 Å². The van der Waals surface area contributed by atoms with Crippen LogP contribution in [0, 0.1) is 0 Å². The number of hydrogen-bond donors (Lipinski definition) is 3. The Kier molecular flexibility index (Phi) is 48.2. The maximum absolute atomic E-state index is 12.9. The SMILES string of the molecule is CCCCCCCCCCCCCCCCCCCCCCCCCCCC/C=C/CC/C=C/C(O)C(COP(=O)(O)OCC[N+](C)(C)C)NC(=O)CCCCCCCCCCCCCC. The molecule has 0 radical (unpaired) electrons. The van der Waals surface area contributed by atoms with Crippen molar-refractivity contribution in [2.24, 2.45) is 0 Å². The van der Waals surface area contributed by atoms with Crippen molar-refractivity contribution in [3.63, 3.8) is 0 Å². The highest BCUT2D eigenvalue weighted by atomic mass is 31.2. The lowest BCUT2D eigenvalue weighted by Crippen LogP contribution is -2.45. The summed E-state index contributed by atoms with van der Waals surface area (Å²) >= 11 is 0. The van der Waals surface area contributed by atoms with Crippen molar-refractivity contribution >= 4 is 13.7 Å². The van der Waals surface area contributed by atoms with Gasteiger partial charge in [0, 0.05) is 6.42 Å². The summed E-state index contributed by atoms with van der Waals surface area (Å²) in [4.78, 5) is 23.2. The highest BCUT2D eigenvalue weighted by Gasteiger charge is 2.27. The molecule has 0 spiro atoms. The molecule has 8 nitrogen and oxygen atoms in total. The van der Waals surface area contributed by atoms with Crippen LogP contribution in [-0.4, -0.2) is 73.4 Å². The molecule has 0 aromatic rings. The van der Waals surface area contributed by atoms with Crippen molar-refractivity contribution in [2.45, 2.75) is 296 Å². The molecule has 0 heterocycles. The zero-order valence-corrected chi connectivity index (χ0v) is 45.6. The number of nitrogens with one attached hydrogen (secondary N) is 1. The third-order valence-corrected chi connectivity index (χ3v) is 14.2. The van der Waals surface area contributed by atoms with E-state index in [9.17, 15) is 19.4 Å². The predicted molar refractivity (Wildman–Crippen MR) is 286 cm³/mol. The second-order valence-corrected chi connectivity index (χ2v) is 22.5. The number of unbranched alkanes of at least 4 members (excludes halogenated alkanes) is 38. The van der Waals surface area contributed by atoms with Crippen LogP contribution in [0.2, 0.25) is 0 Å². The molecule has 0 rings (SSSR count). The normalized spacial score (nSPS) is 14.1. The predicted octanol–water partition coefficient (Wildman–Crippen LogP) is 17.2. The minimum Gasteiger partial charge on any atom is -0.387 e. The van der Waals surface area contributed by atoms with Gasteiger partial charge in [-0.1, -0.05) is 269 Å². The fraction of sp³-hybridized carbons (Fsp3) is 0.912. The highest BCUT2D eigenvalue weighted by molar-refractivity contribution is 7.47. The lowest BCUT2D eigenvalue weighted by molar-refractivity contribution is -0.870. The number of allylic oxidation sites excluding steroid dienone is 3. The van der Waals surface area contributed by atoms with Gasteiger partial charge in [-0.05, 0) is 32.1 Å². The number of hydrogen-bond acceptors (Lipinski definition) is 5. The van der Waals surface area contributed by atoms with Gasteiger partial charge in [-0.2, -0.15) is 0 Å². The second-order valence-electron chi connectivity index (χ2n) is 21.0. The Hall–Kier alpha value is -1.02. The van der Waals surface area contributed by atoms with E-state index >= 15 is 0 Å². The van der Waals surface area contributed by atoms with Crippen LogP contribution in [0.4, 0.5) is 0 Å². The maximum atomic E-state index is 12.9. The molecule has 0 aromatic heterocycles. The van der Waals surface area contributed by atoms with Gasteiger partial charge in [0.1, 0.15) is 13.2 Å². The Morgan fingerprint density at radius 2 is 0.833 bits per heavy atom. The summed E-state index contributed by atoms with van der Waals surface area (Å²) in [7, 11) is 1.57. The molecule has 0 fully saturated rings. The first-order valence-corrected chi connectivity index (χ1v) is 30.2. The average Bonchev–Trinajstić information content (AvgIpc) is 3.28. The molecule has 3 atom stereocenters. The van der Waals surface area contributed by atoms with Crippen LogP contribution in [0.25, 0.3) is 0 Å². The van der Waals surface area contributed by atoms with Crippen molar-refractivity contribution in [1.29, 1.82) is 0 Å². The van der Waals surface area contributed by atoms with Gasteiger partial charge in [0.05, 0.1) is 39.9 Å². The Labute approximate surface area is 411 Å². The molecule has 0 aromatic carbocycles. The standard InChI is InChI=1S/C57H113N2O6P/c1-6-8-10-12-14-16-18-20-21-22-23-24-25-26-27-28-29-30-31-32-33-34-35-36-37-38-39-40-42-44-46-48-50-56(60)55(54-65-66(62,63)64-53-52-59(3,4)5)58-57(61)51-49-47-45-43-41-19-17-15-13-11-9-7-2/h40,42,48,50,55-56,60H,6-39,41,43-47,49,51-54H2,1-5H3,(H-,58,61,62,63)/p+1/b42-40+,50-48+. The van der Waals surface area contributed by atoms with Gasteiger partial charge in [0.25, 0.3) is 0 Å². The lowest BCUT2D eigenvalue weighted by atomic mass is 10.0. The third kappa shape index (κ3) is 50.8.